The zero-order valence-electron chi connectivity index (χ0n) is 30.4. The molecule has 0 spiro atoms. The molecule has 0 fully saturated rings. The molecule has 56 heavy (non-hydrogen) atoms. The number of nitrogens with one attached hydrogen (secondary N) is 4. The molecular weight excluding hydrogens is 777 g/mol. The second kappa shape index (κ2) is 25.0. The standard InChI is InChI=1S/C33H46N10O11S2/c1-2-38-30(49)23(42-27(45)5-3-19(34)32(51)52)16-55-25(21-13-36-7-9-39-21)11-18(44)12-26(22-14-37-8-10-40-22)56-17-24(31(50)41-15-29(47)48)43-28(46)6-4-20(35)33(53)54/h7-10,13-14,19-20,23-26H,2-6,11-12,15-17,34-35H2,1H3,(H,38,49)(H,41,50)(H,42,45)(H,43,46)(H,47,48)(H,51,52)(H,53,54)/t19-,20+,23+,24+,25?,26?/m1/s1. The highest BCUT2D eigenvalue weighted by atomic mass is 32.2. The summed E-state index contributed by atoms with van der Waals surface area (Å²) in [6, 6.07) is -4.95. The van der Waals surface area contributed by atoms with E-state index in [1.807, 2.05) is 0 Å². The van der Waals surface area contributed by atoms with Crippen molar-refractivity contribution in [3.8, 4) is 0 Å². The van der Waals surface area contributed by atoms with Gasteiger partial charge in [0, 0.05) is 80.9 Å². The van der Waals surface area contributed by atoms with E-state index in [9.17, 15) is 38.4 Å². The molecule has 0 aromatic carbocycles. The van der Waals surface area contributed by atoms with Crippen molar-refractivity contribution in [3.63, 3.8) is 0 Å². The van der Waals surface area contributed by atoms with Crippen LogP contribution < -0.4 is 32.7 Å². The van der Waals surface area contributed by atoms with Crippen LogP contribution in [0.4, 0.5) is 0 Å². The van der Waals surface area contributed by atoms with Crippen molar-refractivity contribution < 1.29 is 53.7 Å². The van der Waals surface area contributed by atoms with E-state index in [0.29, 0.717) is 11.4 Å². The predicted octanol–water partition coefficient (Wildman–Crippen LogP) is -1.44. The van der Waals surface area contributed by atoms with Crippen molar-refractivity contribution >= 4 is 70.8 Å². The molecule has 0 saturated carbocycles. The summed E-state index contributed by atoms with van der Waals surface area (Å²) in [4.78, 5) is 115. The maximum atomic E-state index is 13.8. The van der Waals surface area contributed by atoms with E-state index in [0.717, 1.165) is 23.5 Å². The number of carboxylic acid groups (broad SMARTS) is 3. The lowest BCUT2D eigenvalue weighted by Crippen LogP contribution is -2.49. The number of hydrogen-bond acceptors (Lipinski definition) is 16. The molecule has 2 aromatic heterocycles. The van der Waals surface area contributed by atoms with Gasteiger partial charge in [-0.15, -0.1) is 23.5 Å². The van der Waals surface area contributed by atoms with Crippen molar-refractivity contribution in [1.82, 2.24) is 41.2 Å². The first kappa shape index (κ1) is 46.9. The van der Waals surface area contributed by atoms with Gasteiger partial charge in [-0.05, 0) is 19.8 Å². The summed E-state index contributed by atoms with van der Waals surface area (Å²) in [5.74, 6) is -7.04. The quantitative estimate of drug-likeness (QED) is 0.0498. The van der Waals surface area contributed by atoms with Gasteiger partial charge >= 0.3 is 17.9 Å². The summed E-state index contributed by atoms with van der Waals surface area (Å²) < 4.78 is 0. The van der Waals surface area contributed by atoms with Gasteiger partial charge in [0.25, 0.3) is 0 Å². The molecular formula is C33H46N10O11S2. The molecule has 0 saturated heterocycles. The number of rotatable bonds is 27. The number of nitrogens with zero attached hydrogens (tertiary/aromatic N) is 4. The van der Waals surface area contributed by atoms with Crippen LogP contribution in [0.5, 0.6) is 0 Å². The van der Waals surface area contributed by atoms with Crippen molar-refractivity contribution in [2.75, 3.05) is 24.6 Å². The molecule has 11 N–H and O–H groups in total. The Morgan fingerprint density at radius 3 is 1.46 bits per heavy atom. The largest absolute Gasteiger partial charge is 0.480 e. The zero-order valence-corrected chi connectivity index (χ0v) is 32.0. The van der Waals surface area contributed by atoms with Crippen molar-refractivity contribution in [3.05, 3.63) is 48.6 Å². The van der Waals surface area contributed by atoms with Crippen LogP contribution in [0.25, 0.3) is 0 Å². The monoisotopic (exact) mass is 822 g/mol. The van der Waals surface area contributed by atoms with Gasteiger partial charge < -0.3 is 48.1 Å². The van der Waals surface area contributed by atoms with E-state index in [4.69, 9.17) is 26.8 Å². The molecule has 6 atom stereocenters. The molecule has 306 valence electrons. The normalized spacial score (nSPS) is 14.1. The van der Waals surface area contributed by atoms with Crippen molar-refractivity contribution in [2.24, 2.45) is 11.5 Å². The van der Waals surface area contributed by atoms with Crippen LogP contribution in [0.2, 0.25) is 0 Å². The fourth-order valence-electron chi connectivity index (χ4n) is 4.68. The first-order valence-corrected chi connectivity index (χ1v) is 19.3. The molecule has 23 heteroatoms. The lowest BCUT2D eigenvalue weighted by Gasteiger charge is -2.23. The Balaban J connectivity index is 2.26. The van der Waals surface area contributed by atoms with E-state index in [-0.39, 0.29) is 62.4 Å². The van der Waals surface area contributed by atoms with Crippen LogP contribution in [-0.2, 0) is 38.4 Å². The molecule has 2 heterocycles. The number of aliphatic carboxylic acids is 3. The molecule has 4 amide bonds. The summed E-state index contributed by atoms with van der Waals surface area (Å²) in [6.07, 6.45) is 7.33. The number of carbonyl (C=O) groups excluding carboxylic acids is 5. The van der Waals surface area contributed by atoms with Gasteiger partial charge in [-0.3, -0.25) is 58.3 Å². The maximum Gasteiger partial charge on any atom is 0.322 e. The molecule has 0 aliphatic carbocycles. The Bertz CT molecular complexity index is 1650. The summed E-state index contributed by atoms with van der Waals surface area (Å²) >= 11 is 2.22. The average molecular weight is 823 g/mol. The summed E-state index contributed by atoms with van der Waals surface area (Å²) in [5, 5.41) is 35.7. The summed E-state index contributed by atoms with van der Waals surface area (Å²) in [7, 11) is 0. The molecule has 2 aromatic rings. The fourth-order valence-corrected chi connectivity index (χ4v) is 7.19. The highest BCUT2D eigenvalue weighted by Crippen LogP contribution is 2.36. The number of Topliss-reactive ketones (excluding diaryl/α,β-unsaturated/α-hetero) is 1. The first-order chi connectivity index (χ1) is 26.6. The minimum atomic E-state index is -1.33. The topological polar surface area (TPSA) is 349 Å². The van der Waals surface area contributed by atoms with Gasteiger partial charge in [-0.2, -0.15) is 0 Å². The zero-order chi connectivity index (χ0) is 41.6. The Morgan fingerprint density at radius 2 is 1.11 bits per heavy atom. The third-order valence-corrected chi connectivity index (χ3v) is 10.3. The van der Waals surface area contributed by atoms with E-state index in [2.05, 4.69) is 41.2 Å². The van der Waals surface area contributed by atoms with Crippen LogP contribution in [0.15, 0.2) is 37.2 Å². The highest BCUT2D eigenvalue weighted by Gasteiger charge is 2.29. The number of carbonyl (C=O) groups is 8. The third-order valence-electron chi connectivity index (χ3n) is 7.65. The minimum Gasteiger partial charge on any atom is -0.480 e. The Morgan fingerprint density at radius 1 is 0.679 bits per heavy atom. The van der Waals surface area contributed by atoms with Crippen LogP contribution in [-0.4, -0.2) is 131 Å². The second-order valence-electron chi connectivity index (χ2n) is 12.1. The van der Waals surface area contributed by atoms with Gasteiger partial charge in [-0.1, -0.05) is 0 Å². The Labute approximate surface area is 329 Å². The van der Waals surface area contributed by atoms with Gasteiger partial charge in [0.05, 0.1) is 21.9 Å². The molecule has 21 nitrogen and oxygen atoms in total. The molecule has 0 aliphatic heterocycles. The molecule has 0 aliphatic rings. The fraction of sp³-hybridized carbons (Fsp3) is 0.515. The number of hydrogen-bond donors (Lipinski definition) is 9. The SMILES string of the molecule is CCNC(=O)[C@H](CSC(CC(=O)CC(SC[C@H](NC(=O)CC[C@H](N)C(=O)O)C(=O)NCC(=O)O)c1cnccn1)c1cnccn1)NC(=O)CC[C@@H](N)C(=O)O. The van der Waals surface area contributed by atoms with Crippen LogP contribution in [0.3, 0.4) is 0 Å². The third kappa shape index (κ3) is 17.9. The second-order valence-corrected chi connectivity index (χ2v) is 14.5. The van der Waals surface area contributed by atoms with E-state index < -0.39 is 82.7 Å². The number of amides is 4. The van der Waals surface area contributed by atoms with Crippen LogP contribution in [0.1, 0.15) is 67.3 Å². The minimum absolute atomic E-state index is 0.0103. The molecule has 2 unspecified atom stereocenters. The Kier molecular flexibility index (Phi) is 20.9. The number of aromatic nitrogens is 4. The average Bonchev–Trinajstić information content (AvgIpc) is 3.17. The van der Waals surface area contributed by atoms with Gasteiger partial charge in [0.15, 0.2) is 0 Å². The first-order valence-electron chi connectivity index (χ1n) is 17.2. The molecule has 0 radical (unpaired) electrons. The smallest absolute Gasteiger partial charge is 0.322 e. The van der Waals surface area contributed by atoms with Crippen LogP contribution >= 0.6 is 23.5 Å². The molecule has 2 rings (SSSR count). The van der Waals surface area contributed by atoms with Gasteiger partial charge in [-0.25, -0.2) is 0 Å². The number of carboxylic acids is 3. The predicted molar refractivity (Wildman–Crippen MR) is 202 cm³/mol. The van der Waals surface area contributed by atoms with Gasteiger partial charge in [0.2, 0.25) is 23.6 Å². The number of ketones is 1. The number of nitrogens with two attached hydrogens (primary N) is 2. The van der Waals surface area contributed by atoms with E-state index >= 15 is 0 Å². The highest BCUT2D eigenvalue weighted by molar-refractivity contribution is 7.99. The summed E-state index contributed by atoms with van der Waals surface area (Å²) in [6.45, 7) is 1.22. The van der Waals surface area contributed by atoms with Crippen LogP contribution in [0, 0.1) is 0 Å². The maximum absolute atomic E-state index is 13.8. The Hall–Kier alpha value is -5.26. The van der Waals surface area contributed by atoms with E-state index in [1.165, 1.54) is 37.2 Å². The van der Waals surface area contributed by atoms with Crippen molar-refractivity contribution in [1.29, 1.82) is 0 Å². The van der Waals surface area contributed by atoms with E-state index in [1.54, 1.807) is 6.92 Å². The van der Waals surface area contributed by atoms with Crippen molar-refractivity contribution in [2.45, 2.75) is 80.1 Å². The number of likely N-dealkylation sites (N-methyl/N-ethyl adjacent to an activating group) is 1. The summed E-state index contributed by atoms with van der Waals surface area (Å²) in [5.41, 5.74) is 11.8. The molecule has 0 bridgehead atoms. The number of thioether (sulfide) groups is 2. The lowest BCUT2D eigenvalue weighted by molar-refractivity contribution is -0.140. The van der Waals surface area contributed by atoms with Gasteiger partial charge in [0.1, 0.15) is 36.5 Å². The lowest BCUT2D eigenvalue weighted by atomic mass is 10.1.